The molecule has 2 aromatic carbocycles. The fraction of sp³-hybridized carbons (Fsp3) is 0.150. The molecular formula is C20H15Cl2N3O3. The molecule has 6 nitrogen and oxygen atoms in total. The maximum absolute atomic E-state index is 12.8. The Balaban J connectivity index is 1.61. The average Bonchev–Trinajstić information content (AvgIpc) is 3.10. The molecular weight excluding hydrogens is 401 g/mol. The first-order valence-electron chi connectivity index (χ1n) is 8.64. The van der Waals surface area contributed by atoms with Crippen LogP contribution in [0.5, 0.6) is 0 Å². The highest BCUT2D eigenvalue weighted by molar-refractivity contribution is 6.42. The van der Waals surface area contributed by atoms with Gasteiger partial charge in [0.05, 0.1) is 21.8 Å². The molecule has 1 unspecified atom stereocenters. The Kier molecular flexibility index (Phi) is 4.83. The number of nitrogens with one attached hydrogen (secondary N) is 2. The van der Waals surface area contributed by atoms with Crippen LogP contribution in [0.15, 0.2) is 58.1 Å². The lowest BCUT2D eigenvalue weighted by Gasteiger charge is -2.15. The zero-order valence-electron chi connectivity index (χ0n) is 14.5. The van der Waals surface area contributed by atoms with E-state index in [9.17, 15) is 14.4 Å². The molecule has 8 heteroatoms. The van der Waals surface area contributed by atoms with Crippen LogP contribution in [-0.4, -0.2) is 15.7 Å². The lowest BCUT2D eigenvalue weighted by atomic mass is 10.1. The van der Waals surface area contributed by atoms with E-state index in [1.54, 1.807) is 30.3 Å². The molecule has 0 fully saturated rings. The lowest BCUT2D eigenvalue weighted by molar-refractivity contribution is 0.0936. The Morgan fingerprint density at radius 1 is 1.11 bits per heavy atom. The second-order valence-corrected chi connectivity index (χ2v) is 7.31. The van der Waals surface area contributed by atoms with E-state index in [4.69, 9.17) is 23.2 Å². The maximum Gasteiger partial charge on any atom is 0.269 e. The average molecular weight is 416 g/mol. The third-order valence-electron chi connectivity index (χ3n) is 4.78. The highest BCUT2D eigenvalue weighted by atomic mass is 35.5. The van der Waals surface area contributed by atoms with E-state index in [1.807, 2.05) is 6.07 Å². The molecule has 2 N–H and O–H groups in total. The molecule has 4 rings (SSSR count). The normalized spacial score (nSPS) is 15.3. The first-order valence-corrected chi connectivity index (χ1v) is 9.40. The van der Waals surface area contributed by atoms with Gasteiger partial charge in [-0.3, -0.25) is 19.5 Å². The number of amides is 1. The first-order chi connectivity index (χ1) is 13.4. The van der Waals surface area contributed by atoms with E-state index in [2.05, 4.69) is 10.4 Å². The monoisotopic (exact) mass is 415 g/mol. The molecule has 1 atom stereocenters. The molecule has 142 valence electrons. The minimum Gasteiger partial charge on any atom is -0.345 e. The Bertz CT molecular complexity index is 1200. The summed E-state index contributed by atoms with van der Waals surface area (Å²) in [6.07, 6.45) is 1.46. The van der Waals surface area contributed by atoms with Gasteiger partial charge in [-0.25, -0.2) is 4.68 Å². The summed E-state index contributed by atoms with van der Waals surface area (Å²) < 4.78 is 1.10. The number of halogens is 2. The van der Waals surface area contributed by atoms with Gasteiger partial charge in [-0.05, 0) is 48.2 Å². The van der Waals surface area contributed by atoms with Crippen molar-refractivity contribution in [3.8, 4) is 5.69 Å². The fourth-order valence-electron chi connectivity index (χ4n) is 3.43. The summed E-state index contributed by atoms with van der Waals surface area (Å²) in [7, 11) is 0. The minimum atomic E-state index is -0.410. The van der Waals surface area contributed by atoms with Crippen molar-refractivity contribution in [1.29, 1.82) is 0 Å². The summed E-state index contributed by atoms with van der Waals surface area (Å²) in [4.78, 5) is 36.3. The molecule has 3 aromatic rings. The summed E-state index contributed by atoms with van der Waals surface area (Å²) in [6.45, 7) is 0. The molecule has 1 aliphatic rings. The van der Waals surface area contributed by atoms with Crippen LogP contribution in [0.1, 0.15) is 33.9 Å². The van der Waals surface area contributed by atoms with Crippen LogP contribution in [0.4, 0.5) is 0 Å². The highest BCUT2D eigenvalue weighted by Gasteiger charge is 2.27. The Morgan fingerprint density at radius 2 is 1.93 bits per heavy atom. The van der Waals surface area contributed by atoms with Gasteiger partial charge in [-0.1, -0.05) is 35.3 Å². The quantitative estimate of drug-likeness (QED) is 0.688. The number of benzene rings is 2. The molecule has 0 saturated carbocycles. The van der Waals surface area contributed by atoms with E-state index >= 15 is 0 Å². The van der Waals surface area contributed by atoms with Crippen LogP contribution >= 0.6 is 23.2 Å². The largest absolute Gasteiger partial charge is 0.345 e. The Morgan fingerprint density at radius 3 is 2.75 bits per heavy atom. The fourth-order valence-corrected chi connectivity index (χ4v) is 3.87. The summed E-state index contributed by atoms with van der Waals surface area (Å²) in [5.74, 6) is -0.280. The SMILES string of the molecule is O=C(NC1CCc2c1ccc(Cl)c2Cl)c1cccc(-n2[nH]c(=O)ccc2=O)c1. The molecule has 0 saturated heterocycles. The number of rotatable bonds is 3. The third kappa shape index (κ3) is 3.37. The Labute approximate surface area is 169 Å². The van der Waals surface area contributed by atoms with Crippen molar-refractivity contribution in [1.82, 2.24) is 15.1 Å². The molecule has 1 aliphatic carbocycles. The second-order valence-electron chi connectivity index (χ2n) is 6.53. The number of aromatic nitrogens is 2. The topological polar surface area (TPSA) is 84.0 Å². The number of carbonyl (C=O) groups is 1. The van der Waals surface area contributed by atoms with Gasteiger partial charge < -0.3 is 5.32 Å². The molecule has 28 heavy (non-hydrogen) atoms. The van der Waals surface area contributed by atoms with Crippen molar-refractivity contribution >= 4 is 29.1 Å². The van der Waals surface area contributed by atoms with Crippen LogP contribution in [0, 0.1) is 0 Å². The molecule has 0 spiro atoms. The number of hydrogen-bond donors (Lipinski definition) is 2. The molecule has 1 aromatic heterocycles. The van der Waals surface area contributed by atoms with Crippen LogP contribution in [-0.2, 0) is 6.42 Å². The summed E-state index contributed by atoms with van der Waals surface area (Å²) in [5, 5.41) is 6.48. The zero-order chi connectivity index (χ0) is 19.8. The molecule has 0 aliphatic heterocycles. The van der Waals surface area contributed by atoms with E-state index in [0.29, 0.717) is 21.3 Å². The van der Waals surface area contributed by atoms with Crippen molar-refractivity contribution in [3.63, 3.8) is 0 Å². The number of carbonyl (C=O) groups excluding carboxylic acids is 1. The molecule has 1 heterocycles. The van der Waals surface area contributed by atoms with Crippen molar-refractivity contribution in [2.45, 2.75) is 18.9 Å². The van der Waals surface area contributed by atoms with Crippen molar-refractivity contribution in [3.05, 3.63) is 96.0 Å². The van der Waals surface area contributed by atoms with E-state index < -0.39 is 11.1 Å². The van der Waals surface area contributed by atoms with E-state index in [-0.39, 0.29) is 11.9 Å². The lowest BCUT2D eigenvalue weighted by Crippen LogP contribution is -2.28. The summed E-state index contributed by atoms with van der Waals surface area (Å²) >= 11 is 12.3. The zero-order valence-corrected chi connectivity index (χ0v) is 16.1. The van der Waals surface area contributed by atoms with Gasteiger partial charge in [0, 0.05) is 17.7 Å². The number of aromatic amines is 1. The van der Waals surface area contributed by atoms with Crippen LogP contribution in [0.3, 0.4) is 0 Å². The van der Waals surface area contributed by atoms with Crippen LogP contribution in [0.25, 0.3) is 5.69 Å². The summed E-state index contributed by atoms with van der Waals surface area (Å²) in [6, 6.07) is 12.3. The summed E-state index contributed by atoms with van der Waals surface area (Å²) in [5.41, 5.74) is 1.89. The molecule has 0 bridgehead atoms. The van der Waals surface area contributed by atoms with Gasteiger partial charge in [0.15, 0.2) is 0 Å². The van der Waals surface area contributed by atoms with Crippen molar-refractivity contribution in [2.24, 2.45) is 0 Å². The predicted octanol–water partition coefficient (Wildman–Crippen LogP) is 3.25. The number of nitrogens with zero attached hydrogens (tertiary/aromatic N) is 1. The first kappa shape index (κ1) is 18.5. The van der Waals surface area contributed by atoms with E-state index in [1.165, 1.54) is 6.07 Å². The maximum atomic E-state index is 12.8. The smallest absolute Gasteiger partial charge is 0.269 e. The molecule has 0 radical (unpaired) electrons. The predicted molar refractivity (Wildman–Crippen MR) is 108 cm³/mol. The number of H-pyrrole nitrogens is 1. The van der Waals surface area contributed by atoms with E-state index in [0.717, 1.165) is 34.7 Å². The number of hydrogen-bond acceptors (Lipinski definition) is 3. The second kappa shape index (κ2) is 7.30. The van der Waals surface area contributed by atoms with Gasteiger partial charge >= 0.3 is 0 Å². The van der Waals surface area contributed by atoms with Crippen LogP contribution < -0.4 is 16.4 Å². The van der Waals surface area contributed by atoms with Crippen molar-refractivity contribution < 1.29 is 4.79 Å². The van der Waals surface area contributed by atoms with Gasteiger partial charge in [-0.15, -0.1) is 0 Å². The third-order valence-corrected chi connectivity index (χ3v) is 5.63. The van der Waals surface area contributed by atoms with Crippen LogP contribution in [0.2, 0.25) is 10.0 Å². The molecule has 1 amide bonds. The van der Waals surface area contributed by atoms with Gasteiger partial charge in [0.2, 0.25) is 0 Å². The van der Waals surface area contributed by atoms with Gasteiger partial charge in [0.1, 0.15) is 0 Å². The van der Waals surface area contributed by atoms with Crippen molar-refractivity contribution in [2.75, 3.05) is 0 Å². The van der Waals surface area contributed by atoms with Gasteiger partial charge in [-0.2, -0.15) is 0 Å². The van der Waals surface area contributed by atoms with Gasteiger partial charge in [0.25, 0.3) is 17.0 Å². The Hall–Kier alpha value is -2.83. The minimum absolute atomic E-state index is 0.167. The standard InChI is InChI=1S/C20H15Cl2N3O3/c21-15-6-4-13-14(19(15)22)5-7-16(13)23-20(28)11-2-1-3-12(10-11)25-18(27)9-8-17(26)24-25/h1-4,6,8-10,16H,5,7H2,(H,23,28)(H,24,26). The number of fused-ring (bicyclic) bond motifs is 1. The highest BCUT2D eigenvalue weighted by Crippen LogP contribution is 2.39.